The highest BCUT2D eigenvalue weighted by atomic mass is 15.2. The summed E-state index contributed by atoms with van der Waals surface area (Å²) in [5.74, 6) is 8.92. The van der Waals surface area contributed by atoms with Gasteiger partial charge in [0.05, 0.1) is 0 Å². The van der Waals surface area contributed by atoms with Crippen LogP contribution >= 0.6 is 0 Å². The third-order valence-corrected chi connectivity index (χ3v) is 6.30. The quantitative estimate of drug-likeness (QED) is 0.657. The highest BCUT2D eigenvalue weighted by Gasteiger charge is 2.51. The predicted molar refractivity (Wildman–Crippen MR) is 84.3 cm³/mol. The second-order valence-corrected chi connectivity index (χ2v) is 8.14. The number of nitrogens with one attached hydrogen (secondary N) is 1. The summed E-state index contributed by atoms with van der Waals surface area (Å²) in [7, 11) is 0. The summed E-state index contributed by atoms with van der Waals surface area (Å²) in [5.41, 5.74) is 6.11. The summed E-state index contributed by atoms with van der Waals surface area (Å²) in [6.45, 7) is 2.11. The normalized spacial score (nSPS) is 38.7. The zero-order valence-corrected chi connectivity index (χ0v) is 13.0. The van der Waals surface area contributed by atoms with Gasteiger partial charge in [0.15, 0.2) is 0 Å². The molecule has 1 aromatic rings. The van der Waals surface area contributed by atoms with Gasteiger partial charge in [0, 0.05) is 18.4 Å². The third kappa shape index (κ3) is 2.51. The molecule has 4 saturated carbocycles. The summed E-state index contributed by atoms with van der Waals surface area (Å²) in [5, 5.41) is 0. The number of hydrogen-bond donors (Lipinski definition) is 2. The summed E-state index contributed by atoms with van der Waals surface area (Å²) >= 11 is 0. The molecular formula is C18H27N3. The van der Waals surface area contributed by atoms with Gasteiger partial charge in [-0.1, -0.05) is 6.07 Å². The Kier molecular flexibility index (Phi) is 3.31. The Labute approximate surface area is 127 Å². The molecular weight excluding hydrogens is 258 g/mol. The van der Waals surface area contributed by atoms with Crippen molar-refractivity contribution in [1.82, 2.24) is 10.4 Å². The molecule has 4 fully saturated rings. The SMILES string of the molecule is Cc1cncc(C(CC23CC4CC(CC(C4)C2)C3)NN)c1. The number of aryl methyl sites for hydroxylation is 1. The van der Waals surface area contributed by atoms with E-state index in [9.17, 15) is 0 Å². The van der Waals surface area contributed by atoms with E-state index in [1.807, 2.05) is 12.4 Å². The van der Waals surface area contributed by atoms with Gasteiger partial charge in [-0.2, -0.15) is 0 Å². The Morgan fingerprint density at radius 2 is 1.81 bits per heavy atom. The zero-order valence-electron chi connectivity index (χ0n) is 13.0. The van der Waals surface area contributed by atoms with E-state index in [-0.39, 0.29) is 6.04 Å². The van der Waals surface area contributed by atoms with E-state index >= 15 is 0 Å². The first-order chi connectivity index (χ1) is 10.2. The second kappa shape index (κ2) is 5.06. The zero-order chi connectivity index (χ0) is 14.4. The van der Waals surface area contributed by atoms with Crippen LogP contribution in [0.4, 0.5) is 0 Å². The third-order valence-electron chi connectivity index (χ3n) is 6.30. The Balaban J connectivity index is 1.56. The largest absolute Gasteiger partial charge is 0.271 e. The van der Waals surface area contributed by atoms with Crippen molar-refractivity contribution in [2.24, 2.45) is 29.0 Å². The van der Waals surface area contributed by atoms with Gasteiger partial charge in [0.25, 0.3) is 0 Å². The fourth-order valence-electron chi connectivity index (χ4n) is 6.01. The molecule has 4 aliphatic rings. The van der Waals surface area contributed by atoms with E-state index in [1.165, 1.54) is 56.1 Å². The molecule has 1 aromatic heterocycles. The van der Waals surface area contributed by atoms with Gasteiger partial charge >= 0.3 is 0 Å². The molecule has 5 rings (SSSR count). The Morgan fingerprint density at radius 3 is 2.33 bits per heavy atom. The van der Waals surface area contributed by atoms with E-state index in [1.54, 1.807) is 0 Å². The lowest BCUT2D eigenvalue weighted by atomic mass is 9.48. The number of hydrogen-bond acceptors (Lipinski definition) is 3. The van der Waals surface area contributed by atoms with Gasteiger partial charge in [0.1, 0.15) is 0 Å². The molecule has 3 N–H and O–H groups in total. The van der Waals surface area contributed by atoms with Crippen LogP contribution in [0.1, 0.15) is 62.1 Å². The Morgan fingerprint density at radius 1 is 1.19 bits per heavy atom. The van der Waals surface area contributed by atoms with Gasteiger partial charge in [-0.15, -0.1) is 0 Å². The molecule has 3 nitrogen and oxygen atoms in total. The van der Waals surface area contributed by atoms with Crippen molar-refractivity contribution in [1.29, 1.82) is 0 Å². The molecule has 4 bridgehead atoms. The van der Waals surface area contributed by atoms with E-state index in [0.29, 0.717) is 5.41 Å². The van der Waals surface area contributed by atoms with Crippen LogP contribution < -0.4 is 11.3 Å². The maximum Gasteiger partial charge on any atom is 0.0480 e. The average Bonchev–Trinajstić information content (AvgIpc) is 2.43. The minimum absolute atomic E-state index is 0.258. The lowest BCUT2D eigenvalue weighted by Crippen LogP contribution is -2.48. The Bertz CT molecular complexity index is 490. The molecule has 21 heavy (non-hydrogen) atoms. The molecule has 0 aromatic carbocycles. The predicted octanol–water partition coefficient (Wildman–Crippen LogP) is 3.50. The first-order valence-corrected chi connectivity index (χ1v) is 8.53. The van der Waals surface area contributed by atoms with Crippen LogP contribution in [0.25, 0.3) is 0 Å². The van der Waals surface area contributed by atoms with Gasteiger partial charge < -0.3 is 0 Å². The highest BCUT2D eigenvalue weighted by molar-refractivity contribution is 5.21. The number of rotatable bonds is 4. The smallest absolute Gasteiger partial charge is 0.0480 e. The lowest BCUT2D eigenvalue weighted by molar-refractivity contribution is -0.0623. The maximum atomic E-state index is 5.91. The van der Waals surface area contributed by atoms with Gasteiger partial charge in [0.2, 0.25) is 0 Å². The number of nitrogens with two attached hydrogens (primary N) is 1. The minimum atomic E-state index is 0.258. The molecule has 0 radical (unpaired) electrons. The van der Waals surface area contributed by atoms with E-state index < -0.39 is 0 Å². The van der Waals surface area contributed by atoms with Crippen LogP contribution in [0.2, 0.25) is 0 Å². The van der Waals surface area contributed by atoms with Gasteiger partial charge in [-0.05, 0) is 86.2 Å². The number of pyridine rings is 1. The van der Waals surface area contributed by atoms with Crippen molar-refractivity contribution in [3.05, 3.63) is 29.6 Å². The summed E-state index contributed by atoms with van der Waals surface area (Å²) in [6, 6.07) is 2.49. The average molecular weight is 285 g/mol. The molecule has 3 heteroatoms. The van der Waals surface area contributed by atoms with E-state index in [0.717, 1.165) is 17.8 Å². The van der Waals surface area contributed by atoms with Crippen LogP contribution in [0.15, 0.2) is 18.5 Å². The van der Waals surface area contributed by atoms with Gasteiger partial charge in [-0.3, -0.25) is 16.3 Å². The highest BCUT2D eigenvalue weighted by Crippen LogP contribution is 2.62. The fourth-order valence-corrected chi connectivity index (χ4v) is 6.01. The molecule has 0 aliphatic heterocycles. The molecule has 0 amide bonds. The standard InChI is InChI=1S/C18H27N3/c1-12-2-16(11-20-10-12)17(21-19)9-18-6-13-3-14(7-18)5-15(4-13)8-18/h2,10-11,13-15,17,21H,3-9,19H2,1H3. The van der Waals surface area contributed by atoms with E-state index in [4.69, 9.17) is 5.84 Å². The molecule has 0 saturated heterocycles. The first kappa shape index (κ1) is 13.7. The second-order valence-electron chi connectivity index (χ2n) is 8.14. The van der Waals surface area contributed by atoms with Crippen molar-refractivity contribution in [3.63, 3.8) is 0 Å². The fraction of sp³-hybridized carbons (Fsp3) is 0.722. The summed E-state index contributed by atoms with van der Waals surface area (Å²) < 4.78 is 0. The molecule has 4 aliphatic carbocycles. The molecule has 1 heterocycles. The molecule has 1 atom stereocenters. The van der Waals surface area contributed by atoms with Crippen LogP contribution in [-0.2, 0) is 0 Å². The topological polar surface area (TPSA) is 50.9 Å². The minimum Gasteiger partial charge on any atom is -0.271 e. The van der Waals surface area contributed by atoms with Crippen LogP contribution in [0.5, 0.6) is 0 Å². The van der Waals surface area contributed by atoms with Crippen LogP contribution in [0, 0.1) is 30.1 Å². The molecule has 1 unspecified atom stereocenters. The van der Waals surface area contributed by atoms with E-state index in [2.05, 4.69) is 23.4 Å². The lowest BCUT2D eigenvalue weighted by Gasteiger charge is -2.57. The van der Waals surface area contributed by atoms with Crippen molar-refractivity contribution in [2.75, 3.05) is 0 Å². The summed E-state index contributed by atoms with van der Waals surface area (Å²) in [6.07, 6.45) is 13.9. The van der Waals surface area contributed by atoms with Crippen LogP contribution in [-0.4, -0.2) is 4.98 Å². The molecule has 0 spiro atoms. The monoisotopic (exact) mass is 285 g/mol. The molecule has 114 valence electrons. The van der Waals surface area contributed by atoms with Crippen molar-refractivity contribution >= 4 is 0 Å². The van der Waals surface area contributed by atoms with Crippen molar-refractivity contribution in [2.45, 2.75) is 57.9 Å². The first-order valence-electron chi connectivity index (χ1n) is 8.53. The van der Waals surface area contributed by atoms with Crippen molar-refractivity contribution in [3.8, 4) is 0 Å². The Hall–Kier alpha value is -0.930. The van der Waals surface area contributed by atoms with Gasteiger partial charge in [-0.25, -0.2) is 0 Å². The number of hydrazine groups is 1. The number of nitrogens with zero attached hydrogens (tertiary/aromatic N) is 1. The van der Waals surface area contributed by atoms with Crippen molar-refractivity contribution < 1.29 is 0 Å². The van der Waals surface area contributed by atoms with Crippen LogP contribution in [0.3, 0.4) is 0 Å². The summed E-state index contributed by atoms with van der Waals surface area (Å²) in [4.78, 5) is 4.35. The number of aromatic nitrogens is 1. The maximum absolute atomic E-state index is 5.91.